The Kier molecular flexibility index (Phi) is 63.4. The van der Waals surface area contributed by atoms with Crippen LogP contribution in [0, 0.1) is 0 Å². The van der Waals surface area contributed by atoms with Gasteiger partial charge in [-0.25, -0.2) is 0 Å². The van der Waals surface area contributed by atoms with Gasteiger partial charge in [-0.15, -0.1) is 0 Å². The molecule has 1 unspecified atom stereocenters. The van der Waals surface area contributed by atoms with Crippen molar-refractivity contribution in [1.29, 1.82) is 0 Å². The van der Waals surface area contributed by atoms with Gasteiger partial charge in [-0.05, 0) is 128 Å². The maximum Gasteiger partial charge on any atom is 0.309 e. The van der Waals surface area contributed by atoms with Crippen molar-refractivity contribution in [3.05, 3.63) is 158 Å². The van der Waals surface area contributed by atoms with Crippen LogP contribution in [0.2, 0.25) is 0 Å². The molecule has 6 heteroatoms. The molecule has 0 radical (unpaired) electrons. The smallest absolute Gasteiger partial charge is 0.309 e. The standard InChI is InChI=1S/C75H120O6/c1-4-7-10-13-16-19-22-25-28-30-32-33-34-35-36-37-38-39-40-41-43-44-47-50-53-56-59-62-65-68-74(77)80-71-72(70-79-73(76)67-64-61-58-55-52-49-46-27-24-21-18-15-12-9-6-3)81-75(78)69-66-63-60-57-54-51-48-45-42-31-29-26-23-20-17-14-11-8-5-2/h7,9-10,12,16-21,25-29,32-33,35-36,38-39,46,52,55,61,64,72H,4-6,8,11,13-15,22-24,30-31,34,37,40-45,47-51,53-54,56-60,62-63,65-71H2,1-3H3/b10-7-,12-9-,19-16-,20-17-,21-18-,28-25-,29-26-,33-32-,36-35-,39-38-,46-27-,55-52-,64-61-. The lowest BCUT2D eigenvalue weighted by molar-refractivity contribution is -0.166. The summed E-state index contributed by atoms with van der Waals surface area (Å²) in [7, 11) is 0. The Hall–Kier alpha value is -4.97. The van der Waals surface area contributed by atoms with Gasteiger partial charge in [0, 0.05) is 12.8 Å². The van der Waals surface area contributed by atoms with E-state index in [2.05, 4.69) is 167 Å². The molecule has 0 aromatic heterocycles. The van der Waals surface area contributed by atoms with E-state index in [0.717, 1.165) is 122 Å². The molecule has 0 fully saturated rings. The number of ether oxygens (including phenoxy) is 3. The van der Waals surface area contributed by atoms with Gasteiger partial charge >= 0.3 is 17.9 Å². The molecule has 0 N–H and O–H groups in total. The van der Waals surface area contributed by atoms with Crippen LogP contribution in [0.25, 0.3) is 0 Å². The first-order chi connectivity index (χ1) is 40.0. The van der Waals surface area contributed by atoms with E-state index in [-0.39, 0.29) is 31.6 Å². The Bertz CT molecular complexity index is 1810. The van der Waals surface area contributed by atoms with Crippen LogP contribution in [-0.4, -0.2) is 37.2 Å². The van der Waals surface area contributed by atoms with Crippen molar-refractivity contribution < 1.29 is 28.6 Å². The monoisotopic (exact) mass is 1120 g/mol. The van der Waals surface area contributed by atoms with Gasteiger partial charge in [-0.3, -0.25) is 14.4 Å². The number of hydrogen-bond donors (Lipinski definition) is 0. The Morgan fingerprint density at radius 2 is 0.531 bits per heavy atom. The second kappa shape index (κ2) is 67.5. The quantitative estimate of drug-likeness (QED) is 0.0261. The first kappa shape index (κ1) is 76.0. The summed E-state index contributed by atoms with van der Waals surface area (Å²) in [4.78, 5) is 38.3. The molecule has 0 saturated heterocycles. The fraction of sp³-hybridized carbons (Fsp3) is 0.613. The summed E-state index contributed by atoms with van der Waals surface area (Å²) >= 11 is 0. The highest BCUT2D eigenvalue weighted by atomic mass is 16.6. The second-order valence-corrected chi connectivity index (χ2v) is 21.3. The minimum absolute atomic E-state index is 0.117. The summed E-state index contributed by atoms with van der Waals surface area (Å²) in [5, 5.41) is 0. The van der Waals surface area contributed by atoms with Crippen LogP contribution >= 0.6 is 0 Å². The molecule has 0 spiro atoms. The molecule has 0 amide bonds. The van der Waals surface area contributed by atoms with Gasteiger partial charge in [0.25, 0.3) is 0 Å². The van der Waals surface area contributed by atoms with Crippen LogP contribution in [-0.2, 0) is 28.6 Å². The third-order valence-electron chi connectivity index (χ3n) is 13.5. The van der Waals surface area contributed by atoms with E-state index < -0.39 is 12.1 Å². The van der Waals surface area contributed by atoms with Crippen LogP contribution in [0.5, 0.6) is 0 Å². The van der Waals surface area contributed by atoms with Gasteiger partial charge < -0.3 is 14.2 Å². The van der Waals surface area contributed by atoms with Crippen LogP contribution in [0.3, 0.4) is 0 Å². The van der Waals surface area contributed by atoms with Gasteiger partial charge in [-0.1, -0.05) is 288 Å². The summed E-state index contributed by atoms with van der Waals surface area (Å²) in [6, 6.07) is 0. The van der Waals surface area contributed by atoms with E-state index in [9.17, 15) is 14.4 Å². The molecule has 0 heterocycles. The fourth-order valence-electron chi connectivity index (χ4n) is 8.67. The van der Waals surface area contributed by atoms with Crippen LogP contribution < -0.4 is 0 Å². The molecule has 0 aliphatic rings. The highest BCUT2D eigenvalue weighted by Crippen LogP contribution is 2.15. The summed E-state index contributed by atoms with van der Waals surface area (Å²) < 4.78 is 16.8. The summed E-state index contributed by atoms with van der Waals surface area (Å²) in [6.07, 6.45) is 98.5. The van der Waals surface area contributed by atoms with E-state index in [1.54, 1.807) is 6.08 Å². The molecular weight excluding hydrogens is 997 g/mol. The predicted molar refractivity (Wildman–Crippen MR) is 352 cm³/mol. The average Bonchev–Trinajstić information content (AvgIpc) is 3.47. The van der Waals surface area contributed by atoms with E-state index >= 15 is 0 Å². The van der Waals surface area contributed by atoms with Gasteiger partial charge in [0.15, 0.2) is 6.10 Å². The van der Waals surface area contributed by atoms with E-state index in [4.69, 9.17) is 14.2 Å². The molecule has 0 saturated carbocycles. The predicted octanol–water partition coefficient (Wildman–Crippen LogP) is 22.9. The van der Waals surface area contributed by atoms with Crippen molar-refractivity contribution in [2.45, 2.75) is 284 Å². The molecule has 81 heavy (non-hydrogen) atoms. The first-order valence-corrected chi connectivity index (χ1v) is 33.0. The largest absolute Gasteiger partial charge is 0.462 e. The molecule has 0 aliphatic heterocycles. The Morgan fingerprint density at radius 3 is 0.864 bits per heavy atom. The third kappa shape index (κ3) is 65.7. The van der Waals surface area contributed by atoms with Crippen molar-refractivity contribution in [3.8, 4) is 0 Å². The van der Waals surface area contributed by atoms with Crippen LogP contribution in [0.4, 0.5) is 0 Å². The minimum Gasteiger partial charge on any atom is -0.462 e. The topological polar surface area (TPSA) is 78.9 Å². The summed E-state index contributed by atoms with van der Waals surface area (Å²) in [5.74, 6) is -1.06. The van der Waals surface area contributed by atoms with Crippen molar-refractivity contribution in [2.75, 3.05) is 13.2 Å². The molecular formula is C75H120O6. The van der Waals surface area contributed by atoms with E-state index in [1.807, 2.05) is 6.08 Å². The zero-order valence-corrected chi connectivity index (χ0v) is 52.2. The normalized spacial score (nSPS) is 13.2. The highest BCUT2D eigenvalue weighted by molar-refractivity contribution is 5.72. The number of unbranched alkanes of at least 4 members (excludes halogenated alkanes) is 22. The van der Waals surface area contributed by atoms with E-state index in [1.165, 1.54) is 116 Å². The number of allylic oxidation sites excluding steroid dienone is 25. The number of hydrogen-bond acceptors (Lipinski definition) is 6. The molecule has 1 atom stereocenters. The molecule has 456 valence electrons. The minimum atomic E-state index is -0.830. The van der Waals surface area contributed by atoms with Gasteiger partial charge in [0.1, 0.15) is 13.2 Å². The molecule has 0 aromatic carbocycles. The van der Waals surface area contributed by atoms with Crippen molar-refractivity contribution in [3.63, 3.8) is 0 Å². The maximum absolute atomic E-state index is 12.9. The van der Waals surface area contributed by atoms with Crippen molar-refractivity contribution >= 4 is 17.9 Å². The number of carbonyl (C=O) groups excluding carboxylic acids is 3. The Balaban J connectivity index is 4.41. The van der Waals surface area contributed by atoms with Gasteiger partial charge in [-0.2, -0.15) is 0 Å². The Labute approximate surface area is 499 Å². The second-order valence-electron chi connectivity index (χ2n) is 21.3. The molecule has 0 rings (SSSR count). The summed E-state index contributed by atoms with van der Waals surface area (Å²) in [5.41, 5.74) is 0. The van der Waals surface area contributed by atoms with Crippen molar-refractivity contribution in [2.24, 2.45) is 0 Å². The van der Waals surface area contributed by atoms with Gasteiger partial charge in [0.2, 0.25) is 0 Å². The number of esters is 3. The summed E-state index contributed by atoms with van der Waals surface area (Å²) in [6.45, 7) is 6.30. The van der Waals surface area contributed by atoms with E-state index in [0.29, 0.717) is 12.8 Å². The van der Waals surface area contributed by atoms with Crippen LogP contribution in [0.15, 0.2) is 158 Å². The number of rotatable bonds is 58. The Morgan fingerprint density at radius 1 is 0.272 bits per heavy atom. The average molecular weight is 1120 g/mol. The third-order valence-corrected chi connectivity index (χ3v) is 13.5. The lowest BCUT2D eigenvalue weighted by Crippen LogP contribution is -2.30. The highest BCUT2D eigenvalue weighted by Gasteiger charge is 2.19. The van der Waals surface area contributed by atoms with Gasteiger partial charge in [0.05, 0.1) is 6.42 Å². The van der Waals surface area contributed by atoms with Crippen LogP contribution in [0.1, 0.15) is 278 Å². The zero-order valence-electron chi connectivity index (χ0n) is 52.2. The lowest BCUT2D eigenvalue weighted by atomic mass is 10.1. The lowest BCUT2D eigenvalue weighted by Gasteiger charge is -2.18. The SMILES string of the molecule is CC/C=C\C/C=C\C/C=C\C/C=C\C/C=C\C/C=C\CCCCCCCCCCCCC(=O)OCC(COC(=O)C/C=C\C/C=C\C/C=C\C/C=C\C/C=C\CC)OC(=O)CCCCCCCCCCC/C=C\C/C=C\CCCCC. The van der Waals surface area contributed by atoms with Crippen molar-refractivity contribution in [1.82, 2.24) is 0 Å². The molecule has 6 nitrogen and oxygen atoms in total. The molecule has 0 aromatic rings. The number of carbonyl (C=O) groups is 3. The molecule has 0 bridgehead atoms. The zero-order chi connectivity index (χ0) is 58.5. The molecule has 0 aliphatic carbocycles. The first-order valence-electron chi connectivity index (χ1n) is 33.0. The fourth-order valence-corrected chi connectivity index (χ4v) is 8.67. The maximum atomic E-state index is 12.9.